The molecular weight excluding hydrogens is 344 g/mol. The van der Waals surface area contributed by atoms with Crippen molar-refractivity contribution in [3.63, 3.8) is 0 Å². The maximum Gasteiger partial charge on any atom is 0.264 e. The third kappa shape index (κ3) is 4.19. The standard InChI is InChI=1S/C17H20N2O3S2/c1-4-5-8-23-17-12(10-18)15(20)19-16(24-17)11-6-7-13(21-2)14(9-11)22-3/h6-7,9,16H,4-5,8H2,1-3H3,(H,19,20)/t16-/m1/s1. The van der Waals surface area contributed by atoms with E-state index < -0.39 is 0 Å². The number of benzene rings is 1. The molecule has 1 amide bonds. The number of nitrogens with zero attached hydrogens (tertiary/aromatic N) is 1. The molecule has 128 valence electrons. The van der Waals surface area contributed by atoms with Gasteiger partial charge in [0.15, 0.2) is 11.5 Å². The summed E-state index contributed by atoms with van der Waals surface area (Å²) in [6.07, 6.45) is 2.13. The normalized spacial score (nSPS) is 17.2. The number of thioether (sulfide) groups is 2. The lowest BCUT2D eigenvalue weighted by Crippen LogP contribution is -2.31. The molecule has 0 radical (unpaired) electrons. The van der Waals surface area contributed by atoms with Crippen LogP contribution in [0.4, 0.5) is 0 Å². The fourth-order valence-corrected chi connectivity index (χ4v) is 4.79. The van der Waals surface area contributed by atoms with Crippen LogP contribution >= 0.6 is 23.5 Å². The number of rotatable bonds is 7. The van der Waals surface area contributed by atoms with Crippen molar-refractivity contribution >= 4 is 29.4 Å². The van der Waals surface area contributed by atoms with Crippen molar-refractivity contribution in [3.8, 4) is 17.6 Å². The van der Waals surface area contributed by atoms with Gasteiger partial charge in [-0.1, -0.05) is 31.2 Å². The number of amides is 1. The van der Waals surface area contributed by atoms with Gasteiger partial charge in [0.1, 0.15) is 17.0 Å². The maximum atomic E-state index is 12.3. The second-order valence-electron chi connectivity index (χ2n) is 5.06. The molecule has 1 N–H and O–H groups in total. The summed E-state index contributed by atoms with van der Waals surface area (Å²) in [5.41, 5.74) is 1.11. The molecule has 1 atom stereocenters. The Labute approximate surface area is 150 Å². The zero-order valence-corrected chi connectivity index (χ0v) is 15.6. The van der Waals surface area contributed by atoms with Crippen molar-refractivity contribution < 1.29 is 14.3 Å². The van der Waals surface area contributed by atoms with Crippen LogP contribution in [0.2, 0.25) is 0 Å². The number of carbonyl (C=O) groups is 1. The van der Waals surface area contributed by atoms with E-state index in [1.54, 1.807) is 26.0 Å². The lowest BCUT2D eigenvalue weighted by atomic mass is 10.2. The van der Waals surface area contributed by atoms with Gasteiger partial charge in [0.05, 0.1) is 18.5 Å². The molecule has 0 aromatic heterocycles. The third-order valence-corrected chi connectivity index (χ3v) is 6.12. The number of methoxy groups -OCH3 is 2. The quantitative estimate of drug-likeness (QED) is 0.741. The summed E-state index contributed by atoms with van der Waals surface area (Å²) in [6.45, 7) is 2.12. The molecule has 1 aromatic carbocycles. The largest absolute Gasteiger partial charge is 0.493 e. The Bertz CT molecular complexity index is 683. The van der Waals surface area contributed by atoms with Crippen molar-refractivity contribution in [3.05, 3.63) is 33.6 Å². The molecule has 24 heavy (non-hydrogen) atoms. The molecule has 7 heteroatoms. The van der Waals surface area contributed by atoms with Crippen molar-refractivity contribution in [2.75, 3.05) is 20.0 Å². The Kier molecular flexibility index (Phi) is 6.88. The van der Waals surface area contributed by atoms with E-state index in [9.17, 15) is 10.1 Å². The van der Waals surface area contributed by atoms with Gasteiger partial charge in [-0.25, -0.2) is 0 Å². The molecule has 0 spiro atoms. The topological polar surface area (TPSA) is 71.4 Å². The van der Waals surface area contributed by atoms with E-state index >= 15 is 0 Å². The molecule has 0 fully saturated rings. The van der Waals surface area contributed by atoms with Crippen LogP contribution in [-0.4, -0.2) is 25.9 Å². The third-order valence-electron chi connectivity index (χ3n) is 3.47. The minimum atomic E-state index is -0.324. The summed E-state index contributed by atoms with van der Waals surface area (Å²) in [6, 6.07) is 7.58. The first-order valence-corrected chi connectivity index (χ1v) is 9.47. The predicted molar refractivity (Wildman–Crippen MR) is 98.0 cm³/mol. The van der Waals surface area contributed by atoms with E-state index in [0.29, 0.717) is 11.5 Å². The van der Waals surface area contributed by atoms with Crippen LogP contribution in [0.3, 0.4) is 0 Å². The predicted octanol–water partition coefficient (Wildman–Crippen LogP) is 3.83. The molecule has 0 unspecified atom stereocenters. The van der Waals surface area contributed by atoms with Gasteiger partial charge >= 0.3 is 0 Å². The smallest absolute Gasteiger partial charge is 0.264 e. The zero-order valence-electron chi connectivity index (χ0n) is 13.9. The molecule has 2 rings (SSSR count). The lowest BCUT2D eigenvalue weighted by molar-refractivity contribution is -0.117. The highest BCUT2D eigenvalue weighted by Gasteiger charge is 2.29. The highest BCUT2D eigenvalue weighted by molar-refractivity contribution is 8.22. The van der Waals surface area contributed by atoms with Crippen molar-refractivity contribution in [2.24, 2.45) is 0 Å². The van der Waals surface area contributed by atoms with Gasteiger partial charge in [-0.05, 0) is 29.9 Å². The van der Waals surface area contributed by atoms with Gasteiger partial charge in [0, 0.05) is 0 Å². The van der Waals surface area contributed by atoms with Crippen LogP contribution in [-0.2, 0) is 4.79 Å². The fraction of sp³-hybridized carbons (Fsp3) is 0.412. The molecule has 1 aliphatic rings. The number of unbranched alkanes of at least 4 members (excludes halogenated alkanes) is 1. The lowest BCUT2D eigenvalue weighted by Gasteiger charge is -2.25. The summed E-state index contributed by atoms with van der Waals surface area (Å²) in [7, 11) is 3.16. The van der Waals surface area contributed by atoms with Gasteiger partial charge in [0.2, 0.25) is 0 Å². The molecule has 0 saturated carbocycles. The second kappa shape index (κ2) is 8.90. The molecule has 1 aliphatic heterocycles. The van der Waals surface area contributed by atoms with E-state index in [2.05, 4.69) is 12.2 Å². The molecule has 0 bridgehead atoms. The first-order chi connectivity index (χ1) is 11.6. The van der Waals surface area contributed by atoms with Gasteiger partial charge in [-0.2, -0.15) is 5.26 Å². The van der Waals surface area contributed by atoms with Gasteiger partial charge in [0.25, 0.3) is 5.91 Å². The average molecular weight is 364 g/mol. The molecule has 1 aromatic rings. The highest BCUT2D eigenvalue weighted by atomic mass is 32.2. The van der Waals surface area contributed by atoms with Crippen LogP contribution in [0.5, 0.6) is 11.5 Å². The molecule has 1 heterocycles. The number of carbonyl (C=O) groups excluding carboxylic acids is 1. The number of nitriles is 1. The van der Waals surface area contributed by atoms with E-state index in [1.165, 1.54) is 11.8 Å². The number of hydrogen-bond donors (Lipinski definition) is 1. The van der Waals surface area contributed by atoms with E-state index in [1.807, 2.05) is 24.3 Å². The van der Waals surface area contributed by atoms with Gasteiger partial charge in [-0.3, -0.25) is 4.79 Å². The van der Waals surface area contributed by atoms with Crippen LogP contribution < -0.4 is 14.8 Å². The van der Waals surface area contributed by atoms with Gasteiger partial charge in [-0.15, -0.1) is 11.8 Å². The maximum absolute atomic E-state index is 12.3. The van der Waals surface area contributed by atoms with E-state index in [0.717, 1.165) is 28.4 Å². The second-order valence-corrected chi connectivity index (χ2v) is 7.54. The van der Waals surface area contributed by atoms with Crippen molar-refractivity contribution in [1.29, 1.82) is 5.26 Å². The number of nitrogens with one attached hydrogen (secondary N) is 1. The highest BCUT2D eigenvalue weighted by Crippen LogP contribution is 2.45. The Morgan fingerprint density at radius 3 is 2.71 bits per heavy atom. The summed E-state index contributed by atoms with van der Waals surface area (Å²) in [5, 5.41) is 11.9. The van der Waals surface area contributed by atoms with Crippen molar-refractivity contribution in [1.82, 2.24) is 5.32 Å². The monoisotopic (exact) mass is 364 g/mol. The first kappa shape index (κ1) is 18.6. The summed E-state index contributed by atoms with van der Waals surface area (Å²) >= 11 is 3.07. The minimum Gasteiger partial charge on any atom is -0.493 e. The Morgan fingerprint density at radius 1 is 1.33 bits per heavy atom. The van der Waals surface area contributed by atoms with Crippen LogP contribution in [0, 0.1) is 11.3 Å². The first-order valence-electron chi connectivity index (χ1n) is 7.61. The molecule has 5 nitrogen and oxygen atoms in total. The summed E-state index contributed by atoms with van der Waals surface area (Å²) in [4.78, 5) is 12.3. The molecule has 0 saturated heterocycles. The number of ether oxygens (including phenoxy) is 2. The summed E-state index contributed by atoms with van der Waals surface area (Å²) in [5.74, 6) is 1.82. The number of hydrogen-bond acceptors (Lipinski definition) is 6. The van der Waals surface area contributed by atoms with E-state index in [-0.39, 0.29) is 16.9 Å². The van der Waals surface area contributed by atoms with Crippen LogP contribution in [0.25, 0.3) is 0 Å². The van der Waals surface area contributed by atoms with Crippen LogP contribution in [0.15, 0.2) is 28.0 Å². The van der Waals surface area contributed by atoms with E-state index in [4.69, 9.17) is 9.47 Å². The Balaban J connectivity index is 2.26. The summed E-state index contributed by atoms with van der Waals surface area (Å²) < 4.78 is 11.4. The Hall–Kier alpha value is -1.78. The Morgan fingerprint density at radius 2 is 2.08 bits per heavy atom. The molecular formula is C17H20N2O3S2. The molecule has 0 aliphatic carbocycles. The SMILES string of the molecule is CCCCSC1=C(C#N)C(=O)N[C@@H](c2ccc(OC)c(OC)c2)S1. The van der Waals surface area contributed by atoms with Crippen LogP contribution in [0.1, 0.15) is 30.7 Å². The fourth-order valence-electron chi connectivity index (χ4n) is 2.16. The van der Waals surface area contributed by atoms with Gasteiger partial charge < -0.3 is 14.8 Å². The minimum absolute atomic E-state index is 0.206. The zero-order chi connectivity index (χ0) is 17.5. The van der Waals surface area contributed by atoms with Crippen molar-refractivity contribution in [2.45, 2.75) is 25.1 Å². The average Bonchev–Trinajstić information content (AvgIpc) is 2.61.